The Balaban J connectivity index is 1.86. The second-order valence-electron chi connectivity index (χ2n) is 7.60. The Bertz CT molecular complexity index is 887. The van der Waals surface area contributed by atoms with E-state index in [4.69, 9.17) is 9.47 Å². The van der Waals surface area contributed by atoms with Gasteiger partial charge in [0.15, 0.2) is 0 Å². The van der Waals surface area contributed by atoms with Gasteiger partial charge in [-0.1, -0.05) is 12.1 Å². The van der Waals surface area contributed by atoms with Crippen LogP contribution in [0, 0.1) is 17.0 Å². The lowest BCUT2D eigenvalue weighted by Gasteiger charge is -2.36. The van der Waals surface area contributed by atoms with Crippen LogP contribution in [0.25, 0.3) is 0 Å². The van der Waals surface area contributed by atoms with Gasteiger partial charge in [-0.05, 0) is 62.9 Å². The summed E-state index contributed by atoms with van der Waals surface area (Å²) in [5.74, 6) is 0.653. The molecule has 0 unspecified atom stereocenters. The lowest BCUT2D eigenvalue weighted by Crippen LogP contribution is -2.44. The third kappa shape index (κ3) is 4.56. The molecule has 0 aliphatic carbocycles. The van der Waals surface area contributed by atoms with E-state index < -0.39 is 10.3 Å². The first-order chi connectivity index (χ1) is 13.8. The Hall–Kier alpha value is -2.93. The van der Waals surface area contributed by atoms with Gasteiger partial charge in [0.25, 0.3) is 5.69 Å². The number of anilines is 1. The van der Waals surface area contributed by atoms with Crippen LogP contribution in [0.1, 0.15) is 37.8 Å². The minimum Gasteiger partial charge on any atom is -0.491 e. The highest BCUT2D eigenvalue weighted by atomic mass is 16.6. The normalized spacial score (nSPS) is 15.7. The van der Waals surface area contributed by atoms with Gasteiger partial charge in [0.2, 0.25) is 5.91 Å². The molecule has 7 nitrogen and oxygen atoms in total. The number of non-ortho nitro benzene ring substituents is 1. The van der Waals surface area contributed by atoms with E-state index in [-0.39, 0.29) is 17.7 Å². The highest BCUT2D eigenvalue weighted by molar-refractivity contribution is 5.99. The summed E-state index contributed by atoms with van der Waals surface area (Å²) in [5.41, 5.74) is 1.62. The summed E-state index contributed by atoms with van der Waals surface area (Å²) in [6.07, 6.45) is 1.11. The predicted octanol–water partition coefficient (Wildman–Crippen LogP) is 4.38. The van der Waals surface area contributed by atoms with Crippen molar-refractivity contribution < 1.29 is 19.2 Å². The van der Waals surface area contributed by atoms with Crippen molar-refractivity contribution in [1.82, 2.24) is 0 Å². The van der Waals surface area contributed by atoms with E-state index in [2.05, 4.69) is 5.32 Å². The molecule has 1 aliphatic heterocycles. The fraction of sp³-hybridized carbons (Fsp3) is 0.409. The van der Waals surface area contributed by atoms with Gasteiger partial charge in [0.05, 0.1) is 16.4 Å². The second kappa shape index (κ2) is 8.61. The number of ether oxygens (including phenoxy) is 2. The van der Waals surface area contributed by atoms with Gasteiger partial charge < -0.3 is 14.8 Å². The van der Waals surface area contributed by atoms with Crippen LogP contribution in [0.3, 0.4) is 0 Å². The van der Waals surface area contributed by atoms with Crippen LogP contribution in [0.2, 0.25) is 0 Å². The van der Waals surface area contributed by atoms with Gasteiger partial charge in [-0.2, -0.15) is 0 Å². The van der Waals surface area contributed by atoms with Crippen molar-refractivity contribution >= 4 is 17.3 Å². The topological polar surface area (TPSA) is 90.7 Å². The Labute approximate surface area is 170 Å². The molecule has 0 bridgehead atoms. The van der Waals surface area contributed by atoms with E-state index in [9.17, 15) is 14.9 Å². The number of aryl methyl sites for hydroxylation is 1. The molecule has 0 saturated carbocycles. The van der Waals surface area contributed by atoms with Gasteiger partial charge in [-0.15, -0.1) is 0 Å². The van der Waals surface area contributed by atoms with Crippen LogP contribution in [-0.2, 0) is 14.9 Å². The summed E-state index contributed by atoms with van der Waals surface area (Å²) >= 11 is 0. The largest absolute Gasteiger partial charge is 0.491 e. The second-order valence-corrected chi connectivity index (χ2v) is 7.60. The van der Waals surface area contributed by atoms with Crippen LogP contribution in [0.4, 0.5) is 11.4 Å². The summed E-state index contributed by atoms with van der Waals surface area (Å²) in [4.78, 5) is 23.9. The van der Waals surface area contributed by atoms with Crippen molar-refractivity contribution in [1.29, 1.82) is 0 Å². The number of hydrogen-bond donors (Lipinski definition) is 1. The Morgan fingerprint density at radius 3 is 2.38 bits per heavy atom. The standard InChI is InChI=1S/C22H26N2O5/c1-15(2)29-20-9-6-18(14-16(20)3)23-21(25)22(10-12-28-13-11-22)17-4-7-19(8-5-17)24(26)27/h4-9,14-15H,10-13H2,1-3H3,(H,23,25). The van der Waals surface area contributed by atoms with Crippen molar-refractivity contribution in [2.45, 2.75) is 45.1 Å². The smallest absolute Gasteiger partial charge is 0.269 e. The lowest BCUT2D eigenvalue weighted by molar-refractivity contribution is -0.384. The van der Waals surface area contributed by atoms with Crippen LogP contribution < -0.4 is 10.1 Å². The van der Waals surface area contributed by atoms with E-state index in [1.54, 1.807) is 12.1 Å². The molecular weight excluding hydrogens is 372 g/mol. The zero-order valence-electron chi connectivity index (χ0n) is 16.9. The van der Waals surface area contributed by atoms with E-state index in [0.717, 1.165) is 16.9 Å². The zero-order valence-corrected chi connectivity index (χ0v) is 16.9. The minimum absolute atomic E-state index is 0.00716. The molecule has 1 heterocycles. The van der Waals surface area contributed by atoms with Gasteiger partial charge in [-0.3, -0.25) is 14.9 Å². The summed E-state index contributed by atoms with van der Waals surface area (Å²) in [6.45, 7) is 6.80. The first kappa shape index (κ1) is 20.8. The molecule has 1 saturated heterocycles. The maximum Gasteiger partial charge on any atom is 0.269 e. The number of amides is 1. The molecule has 0 aromatic heterocycles. The van der Waals surface area contributed by atoms with Crippen LogP contribution in [0.15, 0.2) is 42.5 Å². The molecule has 2 aromatic rings. The van der Waals surface area contributed by atoms with Crippen molar-refractivity contribution in [2.75, 3.05) is 18.5 Å². The number of rotatable bonds is 6. The Morgan fingerprint density at radius 2 is 1.83 bits per heavy atom. The van der Waals surface area contributed by atoms with Crippen molar-refractivity contribution in [3.05, 3.63) is 63.7 Å². The van der Waals surface area contributed by atoms with Crippen LogP contribution >= 0.6 is 0 Å². The predicted molar refractivity (Wildman–Crippen MR) is 110 cm³/mol. The lowest BCUT2D eigenvalue weighted by atomic mass is 9.73. The molecule has 1 aliphatic rings. The van der Waals surface area contributed by atoms with Gasteiger partial charge in [-0.25, -0.2) is 0 Å². The highest BCUT2D eigenvalue weighted by Gasteiger charge is 2.42. The molecular formula is C22H26N2O5. The summed E-state index contributed by atoms with van der Waals surface area (Å²) in [7, 11) is 0. The molecule has 29 heavy (non-hydrogen) atoms. The third-order valence-corrected chi connectivity index (χ3v) is 5.21. The van der Waals surface area contributed by atoms with Crippen LogP contribution in [0.5, 0.6) is 5.75 Å². The molecule has 1 amide bonds. The fourth-order valence-electron chi connectivity index (χ4n) is 3.63. The molecule has 0 atom stereocenters. The average Bonchev–Trinajstić information content (AvgIpc) is 2.70. The Morgan fingerprint density at radius 1 is 1.17 bits per heavy atom. The van der Waals surface area contributed by atoms with Gasteiger partial charge in [0.1, 0.15) is 5.75 Å². The number of benzene rings is 2. The summed E-state index contributed by atoms with van der Waals surface area (Å²) < 4.78 is 11.2. The molecule has 0 spiro atoms. The SMILES string of the molecule is Cc1cc(NC(=O)C2(c3ccc([N+](=O)[O-])cc3)CCOCC2)ccc1OC(C)C. The number of nitrogens with zero attached hydrogens (tertiary/aromatic N) is 1. The van der Waals surface area contributed by atoms with Crippen LogP contribution in [-0.4, -0.2) is 30.1 Å². The zero-order chi connectivity index (χ0) is 21.0. The maximum absolute atomic E-state index is 13.4. The first-order valence-electron chi connectivity index (χ1n) is 9.73. The number of nitrogens with one attached hydrogen (secondary N) is 1. The summed E-state index contributed by atoms with van der Waals surface area (Å²) in [6, 6.07) is 11.8. The van der Waals surface area contributed by atoms with E-state index in [0.29, 0.717) is 31.7 Å². The molecule has 7 heteroatoms. The van der Waals surface area contributed by atoms with Crippen molar-refractivity contribution in [3.63, 3.8) is 0 Å². The fourth-order valence-corrected chi connectivity index (χ4v) is 3.63. The van der Waals surface area contributed by atoms with Gasteiger partial charge in [0, 0.05) is 31.0 Å². The molecule has 1 fully saturated rings. The Kier molecular flexibility index (Phi) is 6.17. The third-order valence-electron chi connectivity index (χ3n) is 5.21. The first-order valence-corrected chi connectivity index (χ1v) is 9.73. The van der Waals surface area contributed by atoms with Crippen molar-refractivity contribution in [2.24, 2.45) is 0 Å². The van der Waals surface area contributed by atoms with Gasteiger partial charge >= 0.3 is 0 Å². The highest BCUT2D eigenvalue weighted by Crippen LogP contribution is 2.37. The molecule has 3 rings (SSSR count). The number of hydrogen-bond acceptors (Lipinski definition) is 5. The monoisotopic (exact) mass is 398 g/mol. The number of carbonyl (C=O) groups excluding carboxylic acids is 1. The number of carbonyl (C=O) groups is 1. The number of nitro benzene ring substituents is 1. The average molecular weight is 398 g/mol. The molecule has 2 aromatic carbocycles. The minimum atomic E-state index is -0.783. The molecule has 1 N–H and O–H groups in total. The quantitative estimate of drug-likeness (QED) is 0.576. The van der Waals surface area contributed by atoms with Crippen molar-refractivity contribution in [3.8, 4) is 5.75 Å². The summed E-state index contributed by atoms with van der Waals surface area (Å²) in [5, 5.41) is 14.0. The molecule has 154 valence electrons. The molecule has 0 radical (unpaired) electrons. The van der Waals surface area contributed by atoms with E-state index in [1.165, 1.54) is 12.1 Å². The number of nitro groups is 1. The maximum atomic E-state index is 13.4. The van der Waals surface area contributed by atoms with E-state index in [1.807, 2.05) is 39.0 Å². The van der Waals surface area contributed by atoms with E-state index >= 15 is 0 Å².